The molecule has 0 spiro atoms. The Hall–Kier alpha value is -1.12. The number of piperidine rings is 1. The number of sulfonamides is 1. The fraction of sp³-hybridized carbons (Fsp3) is 0.769. The first-order valence-electron chi connectivity index (χ1n) is 7.28. The molecule has 0 unspecified atom stereocenters. The molecule has 0 bridgehead atoms. The van der Waals surface area contributed by atoms with Gasteiger partial charge in [0.15, 0.2) is 5.82 Å². The van der Waals surface area contributed by atoms with Crippen LogP contribution in [0.5, 0.6) is 0 Å². The Balaban J connectivity index is 1.93. The van der Waals surface area contributed by atoms with Gasteiger partial charge >= 0.3 is 0 Å². The predicted molar refractivity (Wildman–Crippen MR) is 82.4 cm³/mol. The van der Waals surface area contributed by atoms with Crippen LogP contribution in [-0.4, -0.2) is 49.8 Å². The zero-order chi connectivity index (χ0) is 15.6. The van der Waals surface area contributed by atoms with Crippen molar-refractivity contribution in [2.45, 2.75) is 31.1 Å². The summed E-state index contributed by atoms with van der Waals surface area (Å²) in [6.07, 6.45) is 3.13. The largest absolute Gasteiger partial charge is 0.381 e. The molecule has 0 saturated carbocycles. The fourth-order valence-electron chi connectivity index (χ4n) is 2.77. The lowest BCUT2D eigenvalue weighted by Crippen LogP contribution is -2.33. The van der Waals surface area contributed by atoms with E-state index in [9.17, 15) is 8.42 Å². The van der Waals surface area contributed by atoms with Crippen molar-refractivity contribution in [3.63, 3.8) is 0 Å². The summed E-state index contributed by atoms with van der Waals surface area (Å²) in [6, 6.07) is 0. The second kappa shape index (κ2) is 6.33. The molecule has 120 valence electrons. The van der Waals surface area contributed by atoms with Crippen molar-refractivity contribution in [1.82, 2.24) is 19.4 Å². The van der Waals surface area contributed by atoms with Crippen LogP contribution in [0.2, 0.25) is 0 Å². The minimum atomic E-state index is -3.58. The van der Waals surface area contributed by atoms with Gasteiger partial charge in [0.1, 0.15) is 4.90 Å². The Morgan fingerprint density at radius 1 is 1.33 bits per heavy atom. The third kappa shape index (κ3) is 3.75. The van der Waals surface area contributed by atoms with E-state index in [-0.39, 0.29) is 10.7 Å². The lowest BCUT2D eigenvalue weighted by atomic mass is 9.94. The maximum Gasteiger partial charge on any atom is 0.246 e. The average Bonchev–Trinajstić information content (AvgIpc) is 2.66. The van der Waals surface area contributed by atoms with Crippen molar-refractivity contribution in [3.05, 3.63) is 5.69 Å². The zero-order valence-corrected chi connectivity index (χ0v) is 13.8. The van der Waals surface area contributed by atoms with Crippen LogP contribution in [0.1, 0.15) is 25.0 Å². The second-order valence-electron chi connectivity index (χ2n) is 5.86. The van der Waals surface area contributed by atoms with E-state index in [2.05, 4.69) is 21.8 Å². The van der Waals surface area contributed by atoms with Gasteiger partial charge in [-0.1, -0.05) is 0 Å². The Morgan fingerprint density at radius 3 is 2.48 bits per heavy atom. The molecule has 2 heterocycles. The molecule has 1 fully saturated rings. The Bertz CT molecular complexity index is 588. The molecule has 1 aliphatic heterocycles. The molecular formula is C13H25N5O2S. The first-order valence-corrected chi connectivity index (χ1v) is 8.77. The lowest BCUT2D eigenvalue weighted by molar-refractivity contribution is 0.213. The number of nitrogens with one attached hydrogen (secondary N) is 1. The lowest BCUT2D eigenvalue weighted by Gasteiger charge is -2.28. The van der Waals surface area contributed by atoms with E-state index in [0.29, 0.717) is 18.2 Å². The Labute approximate surface area is 126 Å². The number of nitrogens with two attached hydrogens (primary N) is 1. The molecular weight excluding hydrogens is 290 g/mol. The summed E-state index contributed by atoms with van der Waals surface area (Å²) < 4.78 is 28.8. The third-order valence-corrected chi connectivity index (χ3v) is 5.88. The van der Waals surface area contributed by atoms with E-state index in [1.165, 1.54) is 4.68 Å². The van der Waals surface area contributed by atoms with Gasteiger partial charge in [0.05, 0.1) is 5.69 Å². The number of aryl methyl sites for hydroxylation is 1. The van der Waals surface area contributed by atoms with Gasteiger partial charge in [0.2, 0.25) is 10.0 Å². The minimum absolute atomic E-state index is 0.0572. The number of nitrogens with zero attached hydrogens (tertiary/aromatic N) is 3. The maximum absolute atomic E-state index is 12.3. The normalized spacial score (nSPS) is 18.2. The van der Waals surface area contributed by atoms with Crippen LogP contribution in [0.25, 0.3) is 0 Å². The summed E-state index contributed by atoms with van der Waals surface area (Å²) in [5, 5.41) is 3.95. The molecule has 0 radical (unpaired) electrons. The zero-order valence-electron chi connectivity index (χ0n) is 13.0. The number of likely N-dealkylation sites (tertiary alicyclic amines) is 1. The monoisotopic (exact) mass is 315 g/mol. The predicted octanol–water partition coefficient (Wildman–Crippen LogP) is 0.321. The number of hydrogen-bond donors (Lipinski definition) is 2. The molecule has 0 aromatic carbocycles. The van der Waals surface area contributed by atoms with Gasteiger partial charge in [-0.15, -0.1) is 0 Å². The smallest absolute Gasteiger partial charge is 0.246 e. The number of aromatic nitrogens is 2. The highest BCUT2D eigenvalue weighted by Gasteiger charge is 2.25. The van der Waals surface area contributed by atoms with Crippen LogP contribution in [0, 0.1) is 12.8 Å². The van der Waals surface area contributed by atoms with Crippen LogP contribution < -0.4 is 10.5 Å². The molecule has 0 atom stereocenters. The summed E-state index contributed by atoms with van der Waals surface area (Å²) in [4.78, 5) is 2.41. The van der Waals surface area contributed by atoms with Gasteiger partial charge < -0.3 is 10.6 Å². The molecule has 1 saturated heterocycles. The van der Waals surface area contributed by atoms with Crippen molar-refractivity contribution >= 4 is 15.8 Å². The average molecular weight is 315 g/mol. The topological polar surface area (TPSA) is 93.2 Å². The van der Waals surface area contributed by atoms with E-state index in [0.717, 1.165) is 32.4 Å². The van der Waals surface area contributed by atoms with Crippen LogP contribution >= 0.6 is 0 Å². The fourth-order valence-corrected chi connectivity index (χ4v) is 4.13. The van der Waals surface area contributed by atoms with Crippen LogP contribution in [-0.2, 0) is 17.1 Å². The molecule has 1 aliphatic rings. The Kier molecular flexibility index (Phi) is 4.90. The van der Waals surface area contributed by atoms with Crippen LogP contribution in [0.4, 0.5) is 5.82 Å². The first kappa shape index (κ1) is 16.3. The summed E-state index contributed by atoms with van der Waals surface area (Å²) in [6.45, 7) is 4.33. The quantitative estimate of drug-likeness (QED) is 0.816. The standard InChI is InChI=1S/C13H25N5O2S/c1-10-12(13(14)16-18(10)3)21(19,20)15-7-4-11-5-8-17(2)9-6-11/h11,15H,4-9H2,1-3H3,(H2,14,16). The Morgan fingerprint density at radius 2 is 1.95 bits per heavy atom. The highest BCUT2D eigenvalue weighted by Crippen LogP contribution is 2.22. The minimum Gasteiger partial charge on any atom is -0.381 e. The van der Waals surface area contributed by atoms with Crippen molar-refractivity contribution in [2.75, 3.05) is 32.4 Å². The van der Waals surface area contributed by atoms with Gasteiger partial charge in [0.25, 0.3) is 0 Å². The van der Waals surface area contributed by atoms with Crippen LogP contribution in [0.3, 0.4) is 0 Å². The van der Waals surface area contributed by atoms with Crippen molar-refractivity contribution in [2.24, 2.45) is 13.0 Å². The van der Waals surface area contributed by atoms with Gasteiger partial charge in [-0.2, -0.15) is 5.10 Å². The molecule has 7 nitrogen and oxygen atoms in total. The molecule has 2 rings (SSSR count). The van der Waals surface area contributed by atoms with E-state index in [1.807, 2.05) is 0 Å². The molecule has 3 N–H and O–H groups in total. The number of hydrogen-bond acceptors (Lipinski definition) is 5. The van der Waals surface area contributed by atoms with Gasteiger partial charge in [-0.05, 0) is 52.2 Å². The van der Waals surface area contributed by atoms with Crippen molar-refractivity contribution in [3.8, 4) is 0 Å². The highest BCUT2D eigenvalue weighted by atomic mass is 32.2. The van der Waals surface area contributed by atoms with Crippen LogP contribution in [0.15, 0.2) is 4.90 Å². The number of rotatable bonds is 5. The van der Waals surface area contributed by atoms with Crippen molar-refractivity contribution < 1.29 is 8.42 Å². The summed E-state index contributed by atoms with van der Waals surface area (Å²) in [7, 11) is 0.221. The molecule has 1 aromatic rings. The van der Waals surface area contributed by atoms with Gasteiger partial charge in [-0.25, -0.2) is 13.1 Å². The van der Waals surface area contributed by atoms with Gasteiger partial charge in [0, 0.05) is 13.6 Å². The number of nitrogen functional groups attached to an aromatic ring is 1. The molecule has 1 aromatic heterocycles. The summed E-state index contributed by atoms with van der Waals surface area (Å²) >= 11 is 0. The highest BCUT2D eigenvalue weighted by molar-refractivity contribution is 7.89. The first-order chi connectivity index (χ1) is 9.81. The maximum atomic E-state index is 12.3. The van der Waals surface area contributed by atoms with E-state index >= 15 is 0 Å². The second-order valence-corrected chi connectivity index (χ2v) is 7.56. The molecule has 0 aliphatic carbocycles. The van der Waals surface area contributed by atoms with E-state index in [4.69, 9.17) is 5.73 Å². The van der Waals surface area contributed by atoms with E-state index in [1.54, 1.807) is 14.0 Å². The molecule has 8 heteroatoms. The molecule has 21 heavy (non-hydrogen) atoms. The third-order valence-electron chi connectivity index (χ3n) is 4.26. The molecule has 0 amide bonds. The SMILES string of the molecule is Cc1c(S(=O)(=O)NCCC2CCN(C)CC2)c(N)nn1C. The number of anilines is 1. The van der Waals surface area contributed by atoms with Gasteiger partial charge in [-0.3, -0.25) is 4.68 Å². The summed E-state index contributed by atoms with van der Waals surface area (Å²) in [5.41, 5.74) is 6.26. The summed E-state index contributed by atoms with van der Waals surface area (Å²) in [5.74, 6) is 0.651. The van der Waals surface area contributed by atoms with E-state index < -0.39 is 10.0 Å². The van der Waals surface area contributed by atoms with Crippen molar-refractivity contribution in [1.29, 1.82) is 0 Å².